The lowest BCUT2D eigenvalue weighted by Gasteiger charge is -2.17. The zero-order valence-electron chi connectivity index (χ0n) is 11.9. The Labute approximate surface area is 113 Å². The standard InChI is InChI=1S/C14H21F3OSi/c1-11-6-7-12(14(15,16)17)13(10-11)18-8-5-9-19(2,3)4/h6-7,10H,5,8-9H2,1-4H3. The van der Waals surface area contributed by atoms with Gasteiger partial charge in [-0.1, -0.05) is 31.8 Å². The van der Waals surface area contributed by atoms with Crippen LogP contribution in [0.4, 0.5) is 13.2 Å². The minimum atomic E-state index is -4.36. The van der Waals surface area contributed by atoms with Gasteiger partial charge in [0.15, 0.2) is 0 Å². The topological polar surface area (TPSA) is 9.23 Å². The van der Waals surface area contributed by atoms with E-state index in [1.165, 1.54) is 12.1 Å². The van der Waals surface area contributed by atoms with Crippen molar-refractivity contribution in [1.29, 1.82) is 0 Å². The number of hydrogen-bond donors (Lipinski definition) is 0. The van der Waals surface area contributed by atoms with Crippen LogP contribution in [0.25, 0.3) is 0 Å². The maximum Gasteiger partial charge on any atom is 0.419 e. The molecule has 1 nitrogen and oxygen atoms in total. The van der Waals surface area contributed by atoms with Crippen LogP contribution in [-0.4, -0.2) is 14.7 Å². The Kier molecular flexibility index (Phi) is 5.07. The van der Waals surface area contributed by atoms with Gasteiger partial charge in [0.2, 0.25) is 0 Å². The van der Waals surface area contributed by atoms with Crippen LogP contribution in [0.3, 0.4) is 0 Å². The van der Waals surface area contributed by atoms with Crippen LogP contribution in [0.5, 0.6) is 5.75 Å². The van der Waals surface area contributed by atoms with Gasteiger partial charge >= 0.3 is 6.18 Å². The molecule has 0 spiro atoms. The van der Waals surface area contributed by atoms with Gasteiger partial charge in [-0.25, -0.2) is 0 Å². The Morgan fingerprint density at radius 2 is 1.79 bits per heavy atom. The Hall–Kier alpha value is -0.973. The van der Waals surface area contributed by atoms with E-state index in [-0.39, 0.29) is 5.75 Å². The molecule has 0 aliphatic rings. The van der Waals surface area contributed by atoms with Crippen molar-refractivity contribution in [3.8, 4) is 5.75 Å². The highest BCUT2D eigenvalue weighted by atomic mass is 28.3. The monoisotopic (exact) mass is 290 g/mol. The van der Waals surface area contributed by atoms with Crippen LogP contribution in [0, 0.1) is 6.92 Å². The molecule has 0 radical (unpaired) electrons. The van der Waals surface area contributed by atoms with E-state index >= 15 is 0 Å². The molecule has 19 heavy (non-hydrogen) atoms. The first-order chi connectivity index (χ1) is 8.59. The molecule has 0 aliphatic heterocycles. The van der Waals surface area contributed by atoms with E-state index in [2.05, 4.69) is 19.6 Å². The van der Waals surface area contributed by atoms with Crippen molar-refractivity contribution >= 4 is 8.07 Å². The van der Waals surface area contributed by atoms with E-state index in [1.807, 2.05) is 0 Å². The molecule has 1 rings (SSSR count). The molecule has 108 valence electrons. The molecule has 0 atom stereocenters. The molecule has 0 fully saturated rings. The van der Waals surface area contributed by atoms with E-state index in [4.69, 9.17) is 4.74 Å². The molecular formula is C14H21F3OSi. The molecule has 0 saturated carbocycles. The molecule has 0 saturated heterocycles. The third-order valence-corrected chi connectivity index (χ3v) is 4.62. The summed E-state index contributed by atoms with van der Waals surface area (Å²) in [5.74, 6) is -0.0527. The predicted molar refractivity (Wildman–Crippen MR) is 74.4 cm³/mol. The van der Waals surface area contributed by atoms with E-state index in [0.717, 1.165) is 24.1 Å². The molecule has 1 aromatic carbocycles. The fourth-order valence-corrected chi connectivity index (χ4v) is 2.97. The SMILES string of the molecule is Cc1ccc(C(F)(F)F)c(OCCC[Si](C)(C)C)c1. The highest BCUT2D eigenvalue weighted by molar-refractivity contribution is 6.76. The van der Waals surface area contributed by atoms with Gasteiger partial charge in [-0.05, 0) is 31.0 Å². The lowest BCUT2D eigenvalue weighted by Crippen LogP contribution is -2.20. The quantitative estimate of drug-likeness (QED) is 0.540. The Morgan fingerprint density at radius 1 is 1.16 bits per heavy atom. The number of hydrogen-bond acceptors (Lipinski definition) is 1. The van der Waals surface area contributed by atoms with Crippen LogP contribution in [0.15, 0.2) is 18.2 Å². The smallest absolute Gasteiger partial charge is 0.419 e. The summed E-state index contributed by atoms with van der Waals surface area (Å²) in [7, 11) is -1.16. The van der Waals surface area contributed by atoms with Gasteiger partial charge in [-0.2, -0.15) is 13.2 Å². The summed E-state index contributed by atoms with van der Waals surface area (Å²) < 4.78 is 43.8. The summed E-state index contributed by atoms with van der Waals surface area (Å²) >= 11 is 0. The van der Waals surface area contributed by atoms with Crippen molar-refractivity contribution < 1.29 is 17.9 Å². The van der Waals surface area contributed by atoms with Gasteiger partial charge in [-0.15, -0.1) is 0 Å². The predicted octanol–water partition coefficient (Wildman–Crippen LogP) is 5.12. The molecule has 0 unspecified atom stereocenters. The van der Waals surface area contributed by atoms with Gasteiger partial charge in [0.25, 0.3) is 0 Å². The fraction of sp³-hybridized carbons (Fsp3) is 0.571. The lowest BCUT2D eigenvalue weighted by atomic mass is 10.1. The van der Waals surface area contributed by atoms with Crippen LogP contribution in [-0.2, 0) is 6.18 Å². The van der Waals surface area contributed by atoms with E-state index < -0.39 is 19.8 Å². The van der Waals surface area contributed by atoms with Crippen molar-refractivity contribution in [2.75, 3.05) is 6.61 Å². The third-order valence-electron chi connectivity index (χ3n) is 2.77. The summed E-state index contributed by atoms with van der Waals surface area (Å²) in [6.07, 6.45) is -3.55. The van der Waals surface area contributed by atoms with E-state index in [0.29, 0.717) is 6.61 Å². The lowest BCUT2D eigenvalue weighted by molar-refractivity contribution is -0.138. The van der Waals surface area contributed by atoms with Crippen molar-refractivity contribution in [2.45, 2.75) is 45.2 Å². The highest BCUT2D eigenvalue weighted by Gasteiger charge is 2.34. The first-order valence-electron chi connectivity index (χ1n) is 6.40. The molecule has 0 amide bonds. The number of halogens is 3. The second kappa shape index (κ2) is 5.99. The van der Waals surface area contributed by atoms with Gasteiger partial charge in [-0.3, -0.25) is 0 Å². The maximum atomic E-state index is 12.8. The number of alkyl halides is 3. The number of ether oxygens (including phenoxy) is 1. The van der Waals surface area contributed by atoms with Crippen LogP contribution < -0.4 is 4.74 Å². The summed E-state index contributed by atoms with van der Waals surface area (Å²) in [5, 5.41) is 0. The largest absolute Gasteiger partial charge is 0.493 e. The minimum absolute atomic E-state index is 0.0527. The van der Waals surface area contributed by atoms with Crippen molar-refractivity contribution in [2.24, 2.45) is 0 Å². The molecule has 0 aromatic heterocycles. The number of benzene rings is 1. The number of rotatable bonds is 5. The third kappa shape index (κ3) is 5.68. The van der Waals surface area contributed by atoms with Gasteiger partial charge in [0.05, 0.1) is 12.2 Å². The molecule has 0 bridgehead atoms. The average Bonchev–Trinajstić information content (AvgIpc) is 2.21. The Morgan fingerprint density at radius 3 is 2.32 bits per heavy atom. The molecule has 0 heterocycles. The van der Waals surface area contributed by atoms with Gasteiger partial charge < -0.3 is 4.74 Å². The minimum Gasteiger partial charge on any atom is -0.493 e. The second-order valence-electron chi connectivity index (χ2n) is 6.01. The van der Waals surface area contributed by atoms with Crippen LogP contribution in [0.2, 0.25) is 25.7 Å². The summed E-state index contributed by atoms with van der Waals surface area (Å²) in [5.41, 5.74) is 0.0827. The Bertz CT molecular complexity index is 422. The maximum absolute atomic E-state index is 12.8. The molecule has 5 heteroatoms. The molecular weight excluding hydrogens is 269 g/mol. The molecule has 0 aliphatic carbocycles. The van der Waals surface area contributed by atoms with Gasteiger partial charge in [0.1, 0.15) is 5.75 Å². The fourth-order valence-electron chi connectivity index (χ4n) is 1.77. The van der Waals surface area contributed by atoms with Crippen LogP contribution >= 0.6 is 0 Å². The second-order valence-corrected chi connectivity index (χ2v) is 11.6. The summed E-state index contributed by atoms with van der Waals surface area (Å²) in [6, 6.07) is 5.05. The zero-order chi connectivity index (χ0) is 14.7. The first kappa shape index (κ1) is 16.1. The molecule has 1 aromatic rings. The highest BCUT2D eigenvalue weighted by Crippen LogP contribution is 2.36. The normalized spacial score (nSPS) is 12.6. The van der Waals surface area contributed by atoms with E-state index in [1.54, 1.807) is 6.92 Å². The number of aryl methyl sites for hydroxylation is 1. The van der Waals surface area contributed by atoms with E-state index in [9.17, 15) is 13.2 Å². The zero-order valence-corrected chi connectivity index (χ0v) is 12.9. The summed E-state index contributed by atoms with van der Waals surface area (Å²) in [6.45, 7) is 8.81. The van der Waals surface area contributed by atoms with Gasteiger partial charge in [0, 0.05) is 8.07 Å². The van der Waals surface area contributed by atoms with Crippen LogP contribution in [0.1, 0.15) is 17.5 Å². The Balaban J connectivity index is 2.69. The van der Waals surface area contributed by atoms with Crippen molar-refractivity contribution in [3.05, 3.63) is 29.3 Å². The summed E-state index contributed by atoms with van der Waals surface area (Å²) in [4.78, 5) is 0. The molecule has 0 N–H and O–H groups in total. The van der Waals surface area contributed by atoms with Crippen molar-refractivity contribution in [3.63, 3.8) is 0 Å². The van der Waals surface area contributed by atoms with Crippen molar-refractivity contribution in [1.82, 2.24) is 0 Å². The average molecular weight is 290 g/mol. The first-order valence-corrected chi connectivity index (χ1v) is 10.1.